The van der Waals surface area contributed by atoms with Crippen LogP contribution in [0.1, 0.15) is 43.0 Å². The first-order valence-electron chi connectivity index (χ1n) is 6.62. The van der Waals surface area contributed by atoms with E-state index in [1.165, 1.54) is 18.2 Å². The molecule has 108 valence electrons. The minimum Gasteiger partial charge on any atom is -0.459 e. The van der Waals surface area contributed by atoms with Gasteiger partial charge < -0.3 is 4.74 Å². The average molecular weight is 342 g/mol. The summed E-state index contributed by atoms with van der Waals surface area (Å²) in [5.74, 6) is 0.176. The summed E-state index contributed by atoms with van der Waals surface area (Å²) >= 11 is 3.23. The van der Waals surface area contributed by atoms with Gasteiger partial charge in [0.25, 0.3) is 5.69 Å². The quantitative estimate of drug-likeness (QED) is 0.471. The molecule has 1 aliphatic carbocycles. The zero-order chi connectivity index (χ0) is 14.7. The highest BCUT2D eigenvalue weighted by molar-refractivity contribution is 9.10. The van der Waals surface area contributed by atoms with Crippen LogP contribution < -0.4 is 0 Å². The summed E-state index contributed by atoms with van der Waals surface area (Å²) in [5.41, 5.74) is 0.0928. The van der Waals surface area contributed by atoms with Crippen LogP contribution in [-0.2, 0) is 4.74 Å². The molecular formula is C14H16BrNO4. The minimum absolute atomic E-state index is 0.0788. The predicted octanol–water partition coefficient (Wildman–Crippen LogP) is 4.09. The Morgan fingerprint density at radius 3 is 2.60 bits per heavy atom. The van der Waals surface area contributed by atoms with Crippen molar-refractivity contribution >= 4 is 27.6 Å². The molecule has 0 unspecified atom stereocenters. The number of nitro benzene ring substituents is 1. The molecule has 0 heterocycles. The molecule has 0 aliphatic heterocycles. The molecule has 0 radical (unpaired) electrons. The van der Waals surface area contributed by atoms with E-state index in [-0.39, 0.29) is 17.4 Å². The number of hydrogen-bond acceptors (Lipinski definition) is 4. The molecule has 1 aliphatic rings. The summed E-state index contributed by atoms with van der Waals surface area (Å²) in [6.45, 7) is 2.19. The lowest BCUT2D eigenvalue weighted by Crippen LogP contribution is -2.23. The van der Waals surface area contributed by atoms with Gasteiger partial charge in [-0.25, -0.2) is 4.79 Å². The lowest BCUT2D eigenvalue weighted by Gasteiger charge is -2.26. The summed E-state index contributed by atoms with van der Waals surface area (Å²) in [6, 6.07) is 4.10. The maximum Gasteiger partial charge on any atom is 0.339 e. The lowest BCUT2D eigenvalue weighted by molar-refractivity contribution is -0.384. The largest absolute Gasteiger partial charge is 0.459 e. The highest BCUT2D eigenvalue weighted by Crippen LogP contribution is 2.28. The van der Waals surface area contributed by atoms with Gasteiger partial charge in [0.15, 0.2) is 0 Å². The van der Waals surface area contributed by atoms with Gasteiger partial charge in [0.1, 0.15) is 6.10 Å². The second-order valence-electron chi connectivity index (χ2n) is 5.21. The van der Waals surface area contributed by atoms with E-state index in [0.717, 1.165) is 25.7 Å². The van der Waals surface area contributed by atoms with Crippen molar-refractivity contribution in [2.45, 2.75) is 38.7 Å². The minimum atomic E-state index is -0.522. The predicted molar refractivity (Wildman–Crippen MR) is 77.6 cm³/mol. The molecule has 0 bridgehead atoms. The molecule has 1 aromatic carbocycles. The van der Waals surface area contributed by atoms with Crippen LogP contribution in [0.3, 0.4) is 0 Å². The Balaban J connectivity index is 2.08. The number of nitrogens with zero attached hydrogens (tertiary/aromatic N) is 1. The van der Waals surface area contributed by atoms with E-state index >= 15 is 0 Å². The van der Waals surface area contributed by atoms with Crippen LogP contribution in [0.4, 0.5) is 5.69 Å². The fourth-order valence-corrected chi connectivity index (χ4v) is 2.75. The third-order valence-corrected chi connectivity index (χ3v) is 4.31. The van der Waals surface area contributed by atoms with Crippen LogP contribution >= 0.6 is 15.9 Å². The second-order valence-corrected chi connectivity index (χ2v) is 6.06. The van der Waals surface area contributed by atoms with Gasteiger partial charge in [-0.1, -0.05) is 6.92 Å². The average Bonchev–Trinajstić information content (AvgIpc) is 2.41. The molecule has 2 rings (SSSR count). The van der Waals surface area contributed by atoms with Crippen molar-refractivity contribution in [3.8, 4) is 0 Å². The number of nitro groups is 1. The summed E-state index contributed by atoms with van der Waals surface area (Å²) < 4.78 is 5.96. The molecule has 0 N–H and O–H groups in total. The zero-order valence-electron chi connectivity index (χ0n) is 11.2. The Morgan fingerprint density at radius 2 is 2.00 bits per heavy atom. The Bertz CT molecular complexity index is 524. The molecule has 1 aromatic rings. The topological polar surface area (TPSA) is 69.4 Å². The van der Waals surface area contributed by atoms with Crippen LogP contribution in [0.15, 0.2) is 22.7 Å². The monoisotopic (exact) mass is 341 g/mol. The second kappa shape index (κ2) is 6.35. The zero-order valence-corrected chi connectivity index (χ0v) is 12.8. The molecule has 20 heavy (non-hydrogen) atoms. The standard InChI is InChI=1S/C14H16BrNO4/c1-9-2-5-11(6-3-9)20-14(17)12-8-10(16(18)19)4-7-13(12)15/h4,7-9,11H,2-3,5-6H2,1H3. The van der Waals surface area contributed by atoms with E-state index in [1.54, 1.807) is 0 Å². The molecule has 0 saturated heterocycles. The van der Waals surface area contributed by atoms with Crippen molar-refractivity contribution in [1.29, 1.82) is 0 Å². The molecule has 5 nitrogen and oxygen atoms in total. The van der Waals surface area contributed by atoms with Crippen LogP contribution in [-0.4, -0.2) is 17.0 Å². The van der Waals surface area contributed by atoms with Crippen molar-refractivity contribution in [3.05, 3.63) is 38.3 Å². The first kappa shape index (κ1) is 15.0. The number of carbonyl (C=O) groups excluding carboxylic acids is 1. The third-order valence-electron chi connectivity index (χ3n) is 3.62. The molecule has 0 aromatic heterocycles. The summed E-state index contributed by atoms with van der Waals surface area (Å²) in [6.07, 6.45) is 3.74. The van der Waals surface area contributed by atoms with Crippen LogP contribution in [0.5, 0.6) is 0 Å². The number of esters is 1. The number of ether oxygens (including phenoxy) is 1. The van der Waals surface area contributed by atoms with Gasteiger partial charge >= 0.3 is 5.97 Å². The Kier molecular flexibility index (Phi) is 4.75. The smallest absolute Gasteiger partial charge is 0.339 e. The molecular weight excluding hydrogens is 326 g/mol. The fourth-order valence-electron chi connectivity index (χ4n) is 2.35. The highest BCUT2D eigenvalue weighted by Gasteiger charge is 2.24. The van der Waals surface area contributed by atoms with Gasteiger partial charge in [0.2, 0.25) is 0 Å². The first-order valence-corrected chi connectivity index (χ1v) is 7.41. The third kappa shape index (κ3) is 3.56. The molecule has 1 saturated carbocycles. The fraction of sp³-hybridized carbons (Fsp3) is 0.500. The maximum atomic E-state index is 12.1. The van der Waals surface area contributed by atoms with Crippen LogP contribution in [0.2, 0.25) is 0 Å². The maximum absolute atomic E-state index is 12.1. The normalized spacial score (nSPS) is 22.3. The van der Waals surface area contributed by atoms with Gasteiger partial charge in [-0.15, -0.1) is 0 Å². The van der Waals surface area contributed by atoms with Crippen molar-refractivity contribution in [2.75, 3.05) is 0 Å². The molecule has 1 fully saturated rings. The number of hydrogen-bond donors (Lipinski definition) is 0. The molecule has 6 heteroatoms. The summed E-state index contributed by atoms with van der Waals surface area (Å²) in [5, 5.41) is 10.8. The van der Waals surface area contributed by atoms with Gasteiger partial charge in [0.05, 0.1) is 10.5 Å². The van der Waals surface area contributed by atoms with Crippen molar-refractivity contribution < 1.29 is 14.5 Å². The van der Waals surface area contributed by atoms with E-state index < -0.39 is 10.9 Å². The Morgan fingerprint density at radius 1 is 1.35 bits per heavy atom. The number of non-ortho nitro benzene ring substituents is 1. The van der Waals surface area contributed by atoms with E-state index in [4.69, 9.17) is 4.74 Å². The van der Waals surface area contributed by atoms with Gasteiger partial charge in [-0.2, -0.15) is 0 Å². The Hall–Kier alpha value is -1.43. The number of rotatable bonds is 3. The van der Waals surface area contributed by atoms with E-state index in [9.17, 15) is 14.9 Å². The summed E-state index contributed by atoms with van der Waals surface area (Å²) in [7, 11) is 0. The first-order chi connectivity index (χ1) is 9.47. The van der Waals surface area contributed by atoms with Crippen molar-refractivity contribution in [1.82, 2.24) is 0 Å². The van der Waals surface area contributed by atoms with Gasteiger partial charge in [-0.05, 0) is 53.6 Å². The van der Waals surface area contributed by atoms with Gasteiger partial charge in [-0.3, -0.25) is 10.1 Å². The summed E-state index contributed by atoms with van der Waals surface area (Å²) in [4.78, 5) is 22.3. The van der Waals surface area contributed by atoms with Crippen LogP contribution in [0.25, 0.3) is 0 Å². The van der Waals surface area contributed by atoms with Crippen molar-refractivity contribution in [2.24, 2.45) is 5.92 Å². The van der Waals surface area contributed by atoms with E-state index in [1.807, 2.05) is 0 Å². The van der Waals surface area contributed by atoms with E-state index in [0.29, 0.717) is 10.4 Å². The van der Waals surface area contributed by atoms with E-state index in [2.05, 4.69) is 22.9 Å². The number of halogens is 1. The van der Waals surface area contributed by atoms with Crippen LogP contribution in [0, 0.1) is 16.0 Å². The lowest BCUT2D eigenvalue weighted by atomic mass is 9.89. The molecule has 0 atom stereocenters. The molecule has 0 spiro atoms. The molecule has 0 amide bonds. The number of benzene rings is 1. The van der Waals surface area contributed by atoms with Gasteiger partial charge in [0, 0.05) is 16.6 Å². The SMILES string of the molecule is CC1CCC(OC(=O)c2cc([N+](=O)[O-])ccc2Br)CC1. The Labute approximate surface area is 125 Å². The van der Waals surface area contributed by atoms with Crippen molar-refractivity contribution in [3.63, 3.8) is 0 Å². The highest BCUT2D eigenvalue weighted by atomic mass is 79.9. The number of carbonyl (C=O) groups is 1.